The highest BCUT2D eigenvalue weighted by molar-refractivity contribution is 6.26. The average molecular weight is 394 g/mol. The van der Waals surface area contributed by atoms with Gasteiger partial charge in [0.1, 0.15) is 0 Å². The molecule has 0 radical (unpaired) electrons. The third kappa shape index (κ3) is 2.28. The van der Waals surface area contributed by atoms with Gasteiger partial charge in [0.25, 0.3) is 0 Å². The highest BCUT2D eigenvalue weighted by atomic mass is 16.4. The van der Waals surface area contributed by atoms with Crippen molar-refractivity contribution in [3.05, 3.63) is 78.6 Å². The highest BCUT2D eigenvalue weighted by Crippen LogP contribution is 2.50. The van der Waals surface area contributed by atoms with Gasteiger partial charge in [-0.2, -0.15) is 0 Å². The van der Waals surface area contributed by atoms with Gasteiger partial charge in [-0.3, -0.25) is 0 Å². The Hall–Kier alpha value is -3.92. The van der Waals surface area contributed by atoms with Gasteiger partial charge < -0.3 is 19.0 Å². The lowest BCUT2D eigenvalue weighted by Crippen LogP contribution is -1.83. The van der Waals surface area contributed by atoms with Gasteiger partial charge in [-0.15, -0.1) is 0 Å². The highest BCUT2D eigenvalue weighted by Gasteiger charge is 2.27. The molecule has 2 N–H and O–H groups in total. The molecular formula is C26H18O4. The maximum absolute atomic E-state index is 11.1. The number of allylic oxidation sites excluding steroid dienone is 4. The zero-order valence-electron chi connectivity index (χ0n) is 16.1. The van der Waals surface area contributed by atoms with Crippen LogP contribution in [0.4, 0.5) is 0 Å². The molecule has 4 nitrogen and oxygen atoms in total. The molecule has 0 fully saturated rings. The van der Waals surface area contributed by atoms with E-state index in [2.05, 4.69) is 12.2 Å². The molecule has 6 rings (SSSR count). The first-order valence-electron chi connectivity index (χ1n) is 9.98. The van der Waals surface area contributed by atoms with Crippen molar-refractivity contribution in [3.63, 3.8) is 0 Å². The van der Waals surface area contributed by atoms with Gasteiger partial charge in [0, 0.05) is 11.1 Å². The van der Waals surface area contributed by atoms with E-state index in [-0.39, 0.29) is 11.5 Å². The van der Waals surface area contributed by atoms with Gasteiger partial charge in [-0.05, 0) is 23.6 Å². The van der Waals surface area contributed by atoms with E-state index >= 15 is 0 Å². The Morgan fingerprint density at radius 2 is 1.27 bits per heavy atom. The molecule has 0 bridgehead atoms. The van der Waals surface area contributed by atoms with Crippen LogP contribution < -0.4 is 0 Å². The summed E-state index contributed by atoms with van der Waals surface area (Å²) in [6.45, 7) is 0. The second kappa shape index (κ2) is 6.29. The molecular weight excluding hydrogens is 376 g/mol. The Morgan fingerprint density at radius 1 is 0.667 bits per heavy atom. The predicted octanol–water partition coefficient (Wildman–Crippen LogP) is 7.14. The molecule has 0 unspecified atom stereocenters. The summed E-state index contributed by atoms with van der Waals surface area (Å²) in [6.07, 6.45) is 7.98. The van der Waals surface area contributed by atoms with Gasteiger partial charge in [0.15, 0.2) is 34.2 Å². The molecule has 146 valence electrons. The molecule has 2 aromatic heterocycles. The topological polar surface area (TPSA) is 66.7 Å². The van der Waals surface area contributed by atoms with Gasteiger partial charge in [0.2, 0.25) is 0 Å². The van der Waals surface area contributed by atoms with Crippen LogP contribution in [0.15, 0.2) is 81.7 Å². The Morgan fingerprint density at radius 3 is 1.90 bits per heavy atom. The van der Waals surface area contributed by atoms with Crippen molar-refractivity contribution < 1.29 is 19.0 Å². The van der Waals surface area contributed by atoms with Crippen molar-refractivity contribution in [3.8, 4) is 22.8 Å². The molecule has 0 spiro atoms. The Kier molecular flexibility index (Phi) is 3.56. The fraction of sp³-hybridized carbons (Fsp3) is 0.0769. The maximum atomic E-state index is 11.1. The SMILES string of the molecule is Oc1c(C2=CCCC=C2)oc2c3oc(-c4ccccc4)c(O)c3c3ccccc3c12. The Bertz CT molecular complexity index is 1500. The summed E-state index contributed by atoms with van der Waals surface area (Å²) < 4.78 is 12.4. The number of rotatable bonds is 2. The van der Waals surface area contributed by atoms with Crippen LogP contribution in [-0.2, 0) is 0 Å². The van der Waals surface area contributed by atoms with Crippen LogP contribution in [0.5, 0.6) is 11.5 Å². The fourth-order valence-electron chi connectivity index (χ4n) is 4.35. The molecule has 5 aromatic rings. The van der Waals surface area contributed by atoms with E-state index in [1.807, 2.05) is 60.7 Å². The summed E-state index contributed by atoms with van der Waals surface area (Å²) in [6, 6.07) is 17.2. The average Bonchev–Trinajstić information content (AvgIpc) is 3.33. The fourth-order valence-corrected chi connectivity index (χ4v) is 4.35. The van der Waals surface area contributed by atoms with Crippen LogP contribution >= 0.6 is 0 Å². The third-order valence-electron chi connectivity index (χ3n) is 5.73. The van der Waals surface area contributed by atoms with Crippen molar-refractivity contribution in [2.45, 2.75) is 12.8 Å². The minimum absolute atomic E-state index is 0.0727. The van der Waals surface area contributed by atoms with Crippen LogP contribution in [-0.4, -0.2) is 10.2 Å². The van der Waals surface area contributed by atoms with E-state index in [9.17, 15) is 10.2 Å². The predicted molar refractivity (Wildman–Crippen MR) is 119 cm³/mol. The van der Waals surface area contributed by atoms with Crippen LogP contribution in [0.25, 0.3) is 49.6 Å². The van der Waals surface area contributed by atoms with Crippen LogP contribution in [0.3, 0.4) is 0 Å². The lowest BCUT2D eigenvalue weighted by Gasteiger charge is -2.03. The van der Waals surface area contributed by atoms with E-state index in [0.29, 0.717) is 33.5 Å². The summed E-state index contributed by atoms with van der Waals surface area (Å²) in [4.78, 5) is 0. The first kappa shape index (κ1) is 17.0. The minimum atomic E-state index is 0.0727. The summed E-state index contributed by atoms with van der Waals surface area (Å²) in [7, 11) is 0. The lowest BCUT2D eigenvalue weighted by molar-refractivity contribution is 0.459. The summed E-state index contributed by atoms with van der Waals surface area (Å²) in [5, 5.41) is 25.0. The number of hydrogen-bond acceptors (Lipinski definition) is 4. The number of hydrogen-bond donors (Lipinski definition) is 2. The first-order valence-corrected chi connectivity index (χ1v) is 9.98. The molecule has 0 saturated heterocycles. The third-order valence-corrected chi connectivity index (χ3v) is 5.73. The standard InChI is InChI=1S/C26H18O4/c27-21-19-17-13-7-8-14-18(17)20-22(28)24(16-11-5-2-6-12-16)30-26(20)25(19)29-23(21)15-9-3-1-4-10-15/h1,3-5,7-14,27-28H,2,6H2. The number of benzene rings is 3. The molecule has 1 aliphatic rings. The van der Waals surface area contributed by atoms with Gasteiger partial charge in [-0.25, -0.2) is 0 Å². The molecule has 0 atom stereocenters. The van der Waals surface area contributed by atoms with Gasteiger partial charge >= 0.3 is 0 Å². The second-order valence-electron chi connectivity index (χ2n) is 7.52. The van der Waals surface area contributed by atoms with Crippen molar-refractivity contribution >= 4 is 38.3 Å². The molecule has 4 heteroatoms. The van der Waals surface area contributed by atoms with E-state index in [1.54, 1.807) is 0 Å². The molecule has 0 aliphatic heterocycles. The van der Waals surface area contributed by atoms with E-state index < -0.39 is 0 Å². The molecule has 0 amide bonds. The van der Waals surface area contributed by atoms with Crippen molar-refractivity contribution in [1.82, 2.24) is 0 Å². The van der Waals surface area contributed by atoms with Crippen LogP contribution in [0.2, 0.25) is 0 Å². The van der Waals surface area contributed by atoms with Crippen molar-refractivity contribution in [2.24, 2.45) is 0 Å². The Labute approximate surface area is 172 Å². The number of aromatic hydroxyl groups is 2. The van der Waals surface area contributed by atoms with E-state index in [4.69, 9.17) is 8.83 Å². The number of fused-ring (bicyclic) bond motifs is 6. The smallest absolute Gasteiger partial charge is 0.182 e. The molecule has 2 heterocycles. The summed E-state index contributed by atoms with van der Waals surface area (Å²) in [5.74, 6) is 0.981. The van der Waals surface area contributed by atoms with E-state index in [0.717, 1.165) is 34.8 Å². The lowest BCUT2D eigenvalue weighted by atomic mass is 9.99. The molecule has 30 heavy (non-hydrogen) atoms. The quantitative estimate of drug-likeness (QED) is 0.334. The number of furan rings is 2. The normalized spacial score (nSPS) is 14.1. The van der Waals surface area contributed by atoms with Crippen LogP contribution in [0, 0.1) is 0 Å². The van der Waals surface area contributed by atoms with E-state index in [1.165, 1.54) is 0 Å². The largest absolute Gasteiger partial charge is 0.504 e. The second-order valence-corrected chi connectivity index (χ2v) is 7.52. The zero-order valence-corrected chi connectivity index (χ0v) is 16.1. The molecule has 3 aromatic carbocycles. The van der Waals surface area contributed by atoms with Crippen LogP contribution in [0.1, 0.15) is 18.6 Å². The van der Waals surface area contributed by atoms with Gasteiger partial charge in [-0.1, -0.05) is 72.8 Å². The summed E-state index contributed by atoms with van der Waals surface area (Å²) in [5.41, 5.74) is 2.50. The first-order chi connectivity index (χ1) is 14.7. The molecule has 0 saturated carbocycles. The van der Waals surface area contributed by atoms with Gasteiger partial charge in [0.05, 0.1) is 10.8 Å². The summed E-state index contributed by atoms with van der Waals surface area (Å²) >= 11 is 0. The molecule has 1 aliphatic carbocycles. The monoisotopic (exact) mass is 394 g/mol. The van der Waals surface area contributed by atoms with Crippen molar-refractivity contribution in [1.29, 1.82) is 0 Å². The minimum Gasteiger partial charge on any atom is -0.504 e. The zero-order chi connectivity index (χ0) is 20.2. The van der Waals surface area contributed by atoms with Crippen molar-refractivity contribution in [2.75, 3.05) is 0 Å². The maximum Gasteiger partial charge on any atom is 0.182 e. The Balaban J connectivity index is 1.78.